The average molecular weight is 340 g/mol. The molecule has 0 spiro atoms. The van der Waals surface area contributed by atoms with Gasteiger partial charge in [0.25, 0.3) is 5.91 Å². The molecule has 5 nitrogen and oxygen atoms in total. The third kappa shape index (κ3) is 4.48. The molecule has 1 aliphatic rings. The Kier molecular flexibility index (Phi) is 5.53. The SMILES string of the molecule is Cc1c(C(=O)NCc2cccc(CN3CCC(C)CC3)c2)cnn1C. The first-order chi connectivity index (χ1) is 12.0. The number of aromatic nitrogens is 2. The summed E-state index contributed by atoms with van der Waals surface area (Å²) in [4.78, 5) is 14.8. The van der Waals surface area contributed by atoms with E-state index in [0.717, 1.165) is 23.7 Å². The molecule has 1 saturated heterocycles. The highest BCUT2D eigenvalue weighted by atomic mass is 16.1. The van der Waals surface area contributed by atoms with E-state index in [1.165, 1.54) is 31.5 Å². The molecule has 1 fully saturated rings. The number of hydrogen-bond acceptors (Lipinski definition) is 3. The highest BCUT2D eigenvalue weighted by molar-refractivity contribution is 5.94. The fraction of sp³-hybridized carbons (Fsp3) is 0.500. The summed E-state index contributed by atoms with van der Waals surface area (Å²) in [5.74, 6) is 0.787. The molecule has 0 saturated carbocycles. The number of nitrogens with one attached hydrogen (secondary N) is 1. The lowest BCUT2D eigenvalue weighted by atomic mass is 9.98. The van der Waals surface area contributed by atoms with E-state index in [2.05, 4.69) is 46.5 Å². The zero-order valence-electron chi connectivity index (χ0n) is 15.5. The van der Waals surface area contributed by atoms with Gasteiger partial charge in [-0.3, -0.25) is 14.4 Å². The second-order valence-corrected chi connectivity index (χ2v) is 7.23. The zero-order chi connectivity index (χ0) is 17.8. The van der Waals surface area contributed by atoms with Crippen LogP contribution in [-0.2, 0) is 20.1 Å². The molecule has 0 aliphatic carbocycles. The molecule has 1 aliphatic heterocycles. The van der Waals surface area contributed by atoms with Crippen molar-refractivity contribution in [3.8, 4) is 0 Å². The molecule has 2 heterocycles. The van der Waals surface area contributed by atoms with Gasteiger partial charge < -0.3 is 5.32 Å². The number of nitrogens with zero attached hydrogens (tertiary/aromatic N) is 3. The summed E-state index contributed by atoms with van der Waals surface area (Å²) < 4.78 is 1.72. The molecule has 0 bridgehead atoms. The quantitative estimate of drug-likeness (QED) is 0.910. The predicted molar refractivity (Wildman–Crippen MR) is 99.2 cm³/mol. The normalized spacial score (nSPS) is 16.1. The minimum Gasteiger partial charge on any atom is -0.348 e. The fourth-order valence-corrected chi connectivity index (χ4v) is 3.32. The molecule has 1 amide bonds. The van der Waals surface area contributed by atoms with E-state index in [1.807, 2.05) is 14.0 Å². The second kappa shape index (κ2) is 7.83. The molecule has 25 heavy (non-hydrogen) atoms. The van der Waals surface area contributed by atoms with Crippen molar-refractivity contribution in [1.29, 1.82) is 0 Å². The van der Waals surface area contributed by atoms with Gasteiger partial charge >= 0.3 is 0 Å². The van der Waals surface area contributed by atoms with E-state index < -0.39 is 0 Å². The maximum atomic E-state index is 12.3. The van der Waals surface area contributed by atoms with Crippen LogP contribution in [0.5, 0.6) is 0 Å². The lowest BCUT2D eigenvalue weighted by Gasteiger charge is -2.30. The summed E-state index contributed by atoms with van der Waals surface area (Å²) in [7, 11) is 1.84. The van der Waals surface area contributed by atoms with Crippen LogP contribution in [0.4, 0.5) is 0 Å². The van der Waals surface area contributed by atoms with Gasteiger partial charge in [-0.15, -0.1) is 0 Å². The van der Waals surface area contributed by atoms with Gasteiger partial charge in [0.1, 0.15) is 0 Å². The molecule has 0 unspecified atom stereocenters. The highest BCUT2D eigenvalue weighted by Crippen LogP contribution is 2.18. The van der Waals surface area contributed by atoms with Crippen LogP contribution < -0.4 is 5.32 Å². The average Bonchev–Trinajstić information content (AvgIpc) is 2.94. The molecule has 0 radical (unpaired) electrons. The van der Waals surface area contributed by atoms with Crippen LogP contribution in [0.3, 0.4) is 0 Å². The van der Waals surface area contributed by atoms with Gasteiger partial charge in [-0.25, -0.2) is 0 Å². The summed E-state index contributed by atoms with van der Waals surface area (Å²) >= 11 is 0. The molecule has 134 valence electrons. The Hall–Kier alpha value is -2.14. The van der Waals surface area contributed by atoms with E-state index in [1.54, 1.807) is 10.9 Å². The minimum absolute atomic E-state index is 0.0685. The van der Waals surface area contributed by atoms with Crippen LogP contribution >= 0.6 is 0 Å². The first-order valence-corrected chi connectivity index (χ1v) is 9.10. The molecule has 5 heteroatoms. The van der Waals surface area contributed by atoms with Crippen LogP contribution in [0.1, 0.15) is 46.9 Å². The summed E-state index contributed by atoms with van der Waals surface area (Å²) in [6.07, 6.45) is 4.21. The van der Waals surface area contributed by atoms with Crippen LogP contribution in [0.15, 0.2) is 30.5 Å². The largest absolute Gasteiger partial charge is 0.348 e. The first-order valence-electron chi connectivity index (χ1n) is 9.10. The van der Waals surface area contributed by atoms with Crippen LogP contribution in [0, 0.1) is 12.8 Å². The van der Waals surface area contributed by atoms with E-state index in [-0.39, 0.29) is 5.91 Å². The van der Waals surface area contributed by atoms with Crippen molar-refractivity contribution in [1.82, 2.24) is 20.0 Å². The monoisotopic (exact) mass is 340 g/mol. The number of benzene rings is 1. The summed E-state index contributed by atoms with van der Waals surface area (Å²) in [5.41, 5.74) is 3.98. The molecule has 1 N–H and O–H groups in total. The lowest BCUT2D eigenvalue weighted by Crippen LogP contribution is -2.32. The molecule has 1 aromatic heterocycles. The Morgan fingerprint density at radius 1 is 1.28 bits per heavy atom. The van der Waals surface area contributed by atoms with Gasteiger partial charge in [0.2, 0.25) is 0 Å². The van der Waals surface area contributed by atoms with Crippen molar-refractivity contribution in [3.05, 3.63) is 52.8 Å². The number of hydrogen-bond donors (Lipinski definition) is 1. The summed E-state index contributed by atoms with van der Waals surface area (Å²) in [6.45, 7) is 8.14. The number of amides is 1. The van der Waals surface area contributed by atoms with Gasteiger partial charge in [-0.2, -0.15) is 5.10 Å². The molecular formula is C20H28N4O. The van der Waals surface area contributed by atoms with Gasteiger partial charge in [-0.05, 0) is 49.9 Å². The molecule has 2 aromatic rings. The van der Waals surface area contributed by atoms with Crippen molar-refractivity contribution in [2.24, 2.45) is 13.0 Å². The molecular weight excluding hydrogens is 312 g/mol. The smallest absolute Gasteiger partial charge is 0.255 e. The zero-order valence-corrected chi connectivity index (χ0v) is 15.5. The maximum Gasteiger partial charge on any atom is 0.255 e. The first kappa shape index (κ1) is 17.7. The highest BCUT2D eigenvalue weighted by Gasteiger charge is 2.16. The van der Waals surface area contributed by atoms with Crippen molar-refractivity contribution >= 4 is 5.91 Å². The van der Waals surface area contributed by atoms with Crippen molar-refractivity contribution in [2.75, 3.05) is 13.1 Å². The van der Waals surface area contributed by atoms with Crippen molar-refractivity contribution < 1.29 is 4.79 Å². The Balaban J connectivity index is 1.56. The molecule has 3 rings (SSSR count). The van der Waals surface area contributed by atoms with E-state index in [0.29, 0.717) is 12.1 Å². The van der Waals surface area contributed by atoms with Crippen molar-refractivity contribution in [2.45, 2.75) is 39.8 Å². The summed E-state index contributed by atoms with van der Waals surface area (Å²) in [6, 6.07) is 8.53. The molecule has 1 aromatic carbocycles. The number of rotatable bonds is 5. The third-order valence-corrected chi connectivity index (χ3v) is 5.21. The number of carbonyl (C=O) groups is 1. The number of carbonyl (C=O) groups excluding carboxylic acids is 1. The van der Waals surface area contributed by atoms with E-state index in [9.17, 15) is 4.79 Å². The van der Waals surface area contributed by atoms with Crippen LogP contribution in [0.25, 0.3) is 0 Å². The Bertz CT molecular complexity index is 729. The van der Waals surface area contributed by atoms with Gasteiger partial charge in [0, 0.05) is 25.8 Å². The van der Waals surface area contributed by atoms with E-state index in [4.69, 9.17) is 0 Å². The number of aryl methyl sites for hydroxylation is 1. The summed E-state index contributed by atoms with van der Waals surface area (Å²) in [5, 5.41) is 7.13. The van der Waals surface area contributed by atoms with Crippen LogP contribution in [-0.4, -0.2) is 33.7 Å². The second-order valence-electron chi connectivity index (χ2n) is 7.23. The standard InChI is InChI=1S/C20H28N4O/c1-15-7-9-24(10-8-15)14-18-6-4-5-17(11-18)12-21-20(25)19-13-22-23(3)16(19)2/h4-6,11,13,15H,7-10,12,14H2,1-3H3,(H,21,25). The van der Waals surface area contributed by atoms with Crippen LogP contribution in [0.2, 0.25) is 0 Å². The topological polar surface area (TPSA) is 50.2 Å². The predicted octanol–water partition coefficient (Wildman–Crippen LogP) is 2.89. The minimum atomic E-state index is -0.0685. The fourth-order valence-electron chi connectivity index (χ4n) is 3.32. The lowest BCUT2D eigenvalue weighted by molar-refractivity contribution is 0.0950. The maximum absolute atomic E-state index is 12.3. The Morgan fingerprint density at radius 2 is 2.00 bits per heavy atom. The molecule has 0 atom stereocenters. The Labute approximate surface area is 150 Å². The number of piperidine rings is 1. The number of likely N-dealkylation sites (tertiary alicyclic amines) is 1. The van der Waals surface area contributed by atoms with E-state index >= 15 is 0 Å². The van der Waals surface area contributed by atoms with Gasteiger partial charge in [0.15, 0.2) is 0 Å². The van der Waals surface area contributed by atoms with Crippen molar-refractivity contribution in [3.63, 3.8) is 0 Å². The van der Waals surface area contributed by atoms with Gasteiger partial charge in [0.05, 0.1) is 11.8 Å². The third-order valence-electron chi connectivity index (χ3n) is 5.21. The van der Waals surface area contributed by atoms with Gasteiger partial charge in [-0.1, -0.05) is 31.2 Å². The Morgan fingerprint density at radius 3 is 2.68 bits per heavy atom.